The fourth-order valence-corrected chi connectivity index (χ4v) is 1.37. The number of hydrogen-bond donors (Lipinski definition) is 3. The van der Waals surface area contributed by atoms with Crippen LogP contribution in [0.25, 0.3) is 0 Å². The first kappa shape index (κ1) is 11.8. The summed E-state index contributed by atoms with van der Waals surface area (Å²) in [7, 11) is 0. The van der Waals surface area contributed by atoms with Gasteiger partial charge in [-0.2, -0.15) is 0 Å². The third kappa shape index (κ3) is 3.15. The molecule has 2 aromatic rings. The van der Waals surface area contributed by atoms with Gasteiger partial charge in [-0.25, -0.2) is 9.97 Å². The number of anilines is 1. The fourth-order valence-electron chi connectivity index (χ4n) is 1.37. The van der Waals surface area contributed by atoms with E-state index in [1.807, 2.05) is 18.2 Å². The molecule has 0 spiro atoms. The van der Waals surface area contributed by atoms with E-state index in [2.05, 4.69) is 15.3 Å². The Bertz CT molecular complexity index is 552. The van der Waals surface area contributed by atoms with Crippen LogP contribution in [0.1, 0.15) is 5.56 Å². The molecule has 0 aliphatic rings. The second kappa shape index (κ2) is 5.58. The van der Waals surface area contributed by atoms with Gasteiger partial charge in [-0.1, -0.05) is 30.3 Å². The quantitative estimate of drug-likeness (QED) is 0.566. The van der Waals surface area contributed by atoms with E-state index in [0.717, 1.165) is 5.56 Å². The number of aliphatic hydroxyl groups is 1. The van der Waals surface area contributed by atoms with Gasteiger partial charge in [0, 0.05) is 12.3 Å². The van der Waals surface area contributed by atoms with Crippen molar-refractivity contribution in [2.75, 3.05) is 5.32 Å². The highest BCUT2D eigenvalue weighted by molar-refractivity contribution is 6.06. The molecule has 1 aromatic carbocycles. The Kier molecular flexibility index (Phi) is 3.66. The molecule has 0 aliphatic carbocycles. The van der Waals surface area contributed by atoms with E-state index in [-0.39, 0.29) is 11.6 Å². The van der Waals surface area contributed by atoms with Crippen LogP contribution in [0, 0.1) is 5.41 Å². The van der Waals surface area contributed by atoms with E-state index in [4.69, 9.17) is 5.41 Å². The molecule has 3 N–H and O–H groups in total. The zero-order valence-electron chi connectivity index (χ0n) is 9.54. The number of rotatable bonds is 4. The minimum absolute atomic E-state index is 0.137. The van der Waals surface area contributed by atoms with Gasteiger partial charge >= 0.3 is 0 Å². The topological polar surface area (TPSA) is 81.9 Å². The lowest BCUT2D eigenvalue weighted by Gasteiger charge is -2.04. The summed E-state index contributed by atoms with van der Waals surface area (Å²) in [4.78, 5) is 7.67. The van der Waals surface area contributed by atoms with E-state index < -0.39 is 0 Å². The maximum absolute atomic E-state index is 9.68. The summed E-state index contributed by atoms with van der Waals surface area (Å²) < 4.78 is 0. The van der Waals surface area contributed by atoms with Gasteiger partial charge in [0.05, 0.1) is 5.71 Å². The molecule has 0 unspecified atom stereocenters. The molecule has 2 rings (SSSR count). The third-order valence-corrected chi connectivity index (χ3v) is 2.20. The monoisotopic (exact) mass is 240 g/mol. The normalized spacial score (nSPS) is 11.0. The molecule has 0 fully saturated rings. The van der Waals surface area contributed by atoms with Crippen LogP contribution in [0.15, 0.2) is 60.9 Å². The summed E-state index contributed by atoms with van der Waals surface area (Å²) >= 11 is 0. The number of allylic oxidation sites excluding steroid dienone is 1. The highest BCUT2D eigenvalue weighted by Gasteiger charge is 2.00. The van der Waals surface area contributed by atoms with E-state index in [1.165, 1.54) is 12.4 Å². The molecule has 0 amide bonds. The lowest BCUT2D eigenvalue weighted by Crippen LogP contribution is -2.04. The third-order valence-electron chi connectivity index (χ3n) is 2.20. The van der Waals surface area contributed by atoms with Gasteiger partial charge in [0.2, 0.25) is 0 Å². The number of hydrogen-bond acceptors (Lipinski definition) is 5. The van der Waals surface area contributed by atoms with Crippen molar-refractivity contribution < 1.29 is 5.11 Å². The van der Waals surface area contributed by atoms with Crippen LogP contribution in [0.4, 0.5) is 5.82 Å². The van der Waals surface area contributed by atoms with Gasteiger partial charge in [-0.3, -0.25) is 0 Å². The van der Waals surface area contributed by atoms with Gasteiger partial charge < -0.3 is 15.8 Å². The van der Waals surface area contributed by atoms with Crippen molar-refractivity contribution in [1.82, 2.24) is 9.97 Å². The Morgan fingerprint density at radius 3 is 2.67 bits per heavy atom. The first-order valence-corrected chi connectivity index (χ1v) is 5.33. The largest absolute Gasteiger partial charge is 0.494 e. The second-order valence-corrected chi connectivity index (χ2v) is 3.53. The maximum Gasteiger partial charge on any atom is 0.191 e. The number of benzene rings is 1. The van der Waals surface area contributed by atoms with Gasteiger partial charge in [0.25, 0.3) is 0 Å². The molecule has 5 heteroatoms. The van der Waals surface area contributed by atoms with Crippen LogP contribution in [-0.4, -0.2) is 20.8 Å². The molecule has 18 heavy (non-hydrogen) atoms. The van der Waals surface area contributed by atoms with Crippen molar-refractivity contribution in [3.05, 3.63) is 66.4 Å². The van der Waals surface area contributed by atoms with Crippen molar-refractivity contribution in [1.29, 1.82) is 5.41 Å². The SMILES string of the molecule is N=C(/C=C(/O)Nc1ccncn1)c1ccccc1. The minimum atomic E-state index is -0.137. The molecule has 0 saturated heterocycles. The van der Waals surface area contributed by atoms with Crippen molar-refractivity contribution in [3.8, 4) is 0 Å². The van der Waals surface area contributed by atoms with E-state index >= 15 is 0 Å². The van der Waals surface area contributed by atoms with Crippen molar-refractivity contribution >= 4 is 11.5 Å². The van der Waals surface area contributed by atoms with Crippen LogP contribution < -0.4 is 5.32 Å². The van der Waals surface area contributed by atoms with Crippen molar-refractivity contribution in [2.24, 2.45) is 0 Å². The molecular weight excluding hydrogens is 228 g/mol. The molecule has 0 bridgehead atoms. The molecular formula is C13H12N4O. The Labute approximate surface area is 104 Å². The smallest absolute Gasteiger partial charge is 0.191 e. The number of aliphatic hydroxyl groups excluding tert-OH is 1. The molecule has 0 atom stereocenters. The summed E-state index contributed by atoms with van der Waals surface area (Å²) in [5, 5.41) is 20.2. The number of aromatic nitrogens is 2. The van der Waals surface area contributed by atoms with Gasteiger partial charge in [0.1, 0.15) is 12.1 Å². The van der Waals surface area contributed by atoms with Crippen LogP contribution in [-0.2, 0) is 0 Å². The Morgan fingerprint density at radius 2 is 2.00 bits per heavy atom. The minimum Gasteiger partial charge on any atom is -0.494 e. The first-order valence-electron chi connectivity index (χ1n) is 5.33. The summed E-state index contributed by atoms with van der Waals surface area (Å²) in [6.45, 7) is 0. The first-order chi connectivity index (χ1) is 8.75. The molecule has 0 saturated carbocycles. The fraction of sp³-hybridized carbons (Fsp3) is 0. The Morgan fingerprint density at radius 1 is 1.22 bits per heavy atom. The van der Waals surface area contributed by atoms with E-state index in [0.29, 0.717) is 5.82 Å². The summed E-state index contributed by atoms with van der Waals surface area (Å²) in [5.74, 6) is 0.335. The number of nitrogens with one attached hydrogen (secondary N) is 2. The zero-order chi connectivity index (χ0) is 12.8. The molecule has 1 heterocycles. The predicted octanol–water partition coefficient (Wildman–Crippen LogP) is 2.36. The van der Waals surface area contributed by atoms with Gasteiger partial charge in [-0.15, -0.1) is 0 Å². The van der Waals surface area contributed by atoms with Crippen LogP contribution in [0.2, 0.25) is 0 Å². The summed E-state index contributed by atoms with van der Waals surface area (Å²) in [5.41, 5.74) is 0.947. The summed E-state index contributed by atoms with van der Waals surface area (Å²) in [6.07, 6.45) is 4.26. The van der Waals surface area contributed by atoms with Crippen LogP contribution >= 0.6 is 0 Å². The van der Waals surface area contributed by atoms with E-state index in [1.54, 1.807) is 24.4 Å². The maximum atomic E-state index is 9.68. The average molecular weight is 240 g/mol. The molecule has 1 aromatic heterocycles. The lowest BCUT2D eigenvalue weighted by molar-refractivity contribution is 0.420. The highest BCUT2D eigenvalue weighted by atomic mass is 16.3. The molecule has 0 radical (unpaired) electrons. The Balaban J connectivity index is 2.07. The van der Waals surface area contributed by atoms with E-state index in [9.17, 15) is 5.11 Å². The highest BCUT2D eigenvalue weighted by Crippen LogP contribution is 2.05. The van der Waals surface area contributed by atoms with Gasteiger partial charge in [0.15, 0.2) is 5.88 Å². The zero-order valence-corrected chi connectivity index (χ0v) is 9.54. The molecule has 0 aliphatic heterocycles. The predicted molar refractivity (Wildman–Crippen MR) is 69.6 cm³/mol. The van der Waals surface area contributed by atoms with Crippen molar-refractivity contribution in [2.45, 2.75) is 0 Å². The molecule has 5 nitrogen and oxygen atoms in total. The number of nitrogens with zero attached hydrogens (tertiary/aromatic N) is 2. The van der Waals surface area contributed by atoms with Crippen molar-refractivity contribution in [3.63, 3.8) is 0 Å². The molecule has 90 valence electrons. The Hall–Kier alpha value is -2.69. The lowest BCUT2D eigenvalue weighted by atomic mass is 10.1. The van der Waals surface area contributed by atoms with Crippen LogP contribution in [0.3, 0.4) is 0 Å². The summed E-state index contributed by atoms with van der Waals surface area (Å²) in [6, 6.07) is 10.8. The van der Waals surface area contributed by atoms with Gasteiger partial charge in [-0.05, 0) is 11.6 Å². The second-order valence-electron chi connectivity index (χ2n) is 3.53. The van der Waals surface area contributed by atoms with Crippen LogP contribution in [0.5, 0.6) is 0 Å². The average Bonchev–Trinajstić information content (AvgIpc) is 2.40. The standard InChI is InChI=1S/C13H12N4O/c14-11(10-4-2-1-3-5-10)8-13(18)17-12-6-7-15-9-16-12/h1-9,14,18H,(H,15,16,17)/b13-8+,14-11?.